The molecule has 0 radical (unpaired) electrons. The third kappa shape index (κ3) is 3.57. The van der Waals surface area contributed by atoms with Gasteiger partial charge in [0, 0.05) is 43.6 Å². The van der Waals surface area contributed by atoms with E-state index in [-0.39, 0.29) is 0 Å². The minimum atomic E-state index is 0.912. The molecule has 0 saturated heterocycles. The van der Waals surface area contributed by atoms with Gasteiger partial charge in [0.25, 0.3) is 0 Å². The van der Waals surface area contributed by atoms with Crippen LogP contribution in [0.4, 0.5) is 0 Å². The van der Waals surface area contributed by atoms with Crippen LogP contribution in [0.5, 0.6) is 0 Å². The number of rotatable bonds is 3. The molecule has 10 rings (SSSR count). The molecule has 0 aliphatic heterocycles. The van der Waals surface area contributed by atoms with Crippen LogP contribution in [0, 0.1) is 0 Å². The first-order valence-electron chi connectivity index (χ1n) is 15.7. The maximum Gasteiger partial charge on any atom is 0.138 e. The minimum Gasteiger partial charge on any atom is -0.309 e. The number of hydrogen-bond acceptors (Lipinski definition) is 1. The maximum absolute atomic E-state index is 5.24. The number of aromatic nitrogens is 3. The third-order valence-corrected chi connectivity index (χ3v) is 9.49. The molecule has 0 bridgehead atoms. The van der Waals surface area contributed by atoms with Gasteiger partial charge in [-0.3, -0.25) is 4.57 Å². The fourth-order valence-corrected chi connectivity index (χ4v) is 7.46. The number of pyridine rings is 1. The molecule has 7 aromatic carbocycles. The van der Waals surface area contributed by atoms with Gasteiger partial charge in [-0.05, 0) is 47.2 Å². The minimum absolute atomic E-state index is 0.912. The van der Waals surface area contributed by atoms with Crippen LogP contribution >= 0.6 is 0 Å². The lowest BCUT2D eigenvalue weighted by Gasteiger charge is -2.13. The van der Waals surface area contributed by atoms with E-state index in [1.165, 1.54) is 59.6 Å². The fourth-order valence-electron chi connectivity index (χ4n) is 7.46. The summed E-state index contributed by atoms with van der Waals surface area (Å²) in [5.41, 5.74) is 7.98. The van der Waals surface area contributed by atoms with Crippen LogP contribution in [0.1, 0.15) is 0 Å². The van der Waals surface area contributed by atoms with E-state index in [4.69, 9.17) is 4.98 Å². The Labute approximate surface area is 265 Å². The lowest BCUT2D eigenvalue weighted by atomic mass is 10.0. The standard InChI is InChI=1S/C43H27N3/c1-2-12-29(13-3-1)38-17-10-20-41(44-38)46-40-19-9-7-16-33(40)35-24-25-36-37(43(35)46)26-23-34-32-15-6-8-18-39(32)45(42(34)36)31-22-21-28-11-4-5-14-30(28)27-31/h1-27H. The Balaban J connectivity index is 1.34. The molecular weight excluding hydrogens is 558 g/mol. The van der Waals surface area contributed by atoms with Crippen molar-refractivity contribution in [2.75, 3.05) is 0 Å². The predicted octanol–water partition coefficient (Wildman–Crippen LogP) is 11.2. The van der Waals surface area contributed by atoms with E-state index in [0.29, 0.717) is 0 Å². The van der Waals surface area contributed by atoms with Crippen LogP contribution in [0.15, 0.2) is 164 Å². The molecule has 0 spiro atoms. The summed E-state index contributed by atoms with van der Waals surface area (Å²) in [7, 11) is 0. The van der Waals surface area contributed by atoms with Gasteiger partial charge in [0.2, 0.25) is 0 Å². The summed E-state index contributed by atoms with van der Waals surface area (Å²) in [6, 6.07) is 58.9. The quantitative estimate of drug-likeness (QED) is 0.202. The first-order chi connectivity index (χ1) is 22.8. The van der Waals surface area contributed by atoms with Crippen LogP contribution in [0.3, 0.4) is 0 Å². The predicted molar refractivity (Wildman–Crippen MR) is 193 cm³/mol. The van der Waals surface area contributed by atoms with Crippen molar-refractivity contribution in [3.05, 3.63) is 164 Å². The second-order valence-electron chi connectivity index (χ2n) is 12.0. The molecule has 10 aromatic rings. The number of fused-ring (bicyclic) bond motifs is 10. The zero-order valence-electron chi connectivity index (χ0n) is 24.9. The Hall–Kier alpha value is -6.19. The van der Waals surface area contributed by atoms with Crippen molar-refractivity contribution >= 4 is 65.2 Å². The summed E-state index contributed by atoms with van der Waals surface area (Å²) < 4.78 is 4.81. The van der Waals surface area contributed by atoms with Gasteiger partial charge in [0.15, 0.2) is 0 Å². The molecule has 0 atom stereocenters. The van der Waals surface area contributed by atoms with E-state index >= 15 is 0 Å². The SMILES string of the molecule is c1ccc(-c2cccc(-n3c4ccccc4c4ccc5c(ccc6c7ccccc7n(-c7ccc8ccccc8c7)c65)c43)n2)cc1. The summed E-state index contributed by atoms with van der Waals surface area (Å²) in [5, 5.41) is 9.86. The molecule has 0 saturated carbocycles. The maximum atomic E-state index is 5.24. The third-order valence-electron chi connectivity index (χ3n) is 9.49. The molecule has 0 amide bonds. The normalized spacial score (nSPS) is 11.9. The zero-order chi connectivity index (χ0) is 30.2. The van der Waals surface area contributed by atoms with E-state index in [1.807, 2.05) is 6.07 Å². The summed E-state index contributed by atoms with van der Waals surface area (Å²) in [5.74, 6) is 0.912. The second-order valence-corrected chi connectivity index (χ2v) is 12.0. The van der Waals surface area contributed by atoms with Crippen molar-refractivity contribution in [1.29, 1.82) is 0 Å². The van der Waals surface area contributed by atoms with E-state index in [1.54, 1.807) is 0 Å². The average Bonchev–Trinajstić information content (AvgIpc) is 3.65. The number of para-hydroxylation sites is 2. The molecule has 0 unspecified atom stereocenters. The molecule has 0 fully saturated rings. The molecule has 46 heavy (non-hydrogen) atoms. The molecule has 3 nitrogen and oxygen atoms in total. The summed E-state index contributed by atoms with van der Waals surface area (Å²) in [6.45, 7) is 0. The van der Waals surface area contributed by atoms with Gasteiger partial charge >= 0.3 is 0 Å². The van der Waals surface area contributed by atoms with Crippen molar-refractivity contribution in [2.45, 2.75) is 0 Å². The van der Waals surface area contributed by atoms with Gasteiger partial charge in [0.05, 0.1) is 27.8 Å². The molecule has 214 valence electrons. The van der Waals surface area contributed by atoms with Crippen molar-refractivity contribution < 1.29 is 0 Å². The first kappa shape index (κ1) is 25.2. The molecule has 3 heteroatoms. The largest absolute Gasteiger partial charge is 0.309 e. The van der Waals surface area contributed by atoms with E-state index in [9.17, 15) is 0 Å². The summed E-state index contributed by atoms with van der Waals surface area (Å²) in [4.78, 5) is 5.24. The average molecular weight is 586 g/mol. The van der Waals surface area contributed by atoms with Gasteiger partial charge in [0.1, 0.15) is 5.82 Å². The van der Waals surface area contributed by atoms with Crippen molar-refractivity contribution in [3.8, 4) is 22.8 Å². The Kier molecular flexibility index (Phi) is 5.28. The van der Waals surface area contributed by atoms with Crippen LogP contribution in [-0.4, -0.2) is 14.1 Å². The van der Waals surface area contributed by atoms with Gasteiger partial charge < -0.3 is 4.57 Å². The molecule has 3 heterocycles. The molecular formula is C43H27N3. The topological polar surface area (TPSA) is 22.8 Å². The Morgan fingerprint density at radius 1 is 0.370 bits per heavy atom. The van der Waals surface area contributed by atoms with Crippen molar-refractivity contribution in [3.63, 3.8) is 0 Å². The van der Waals surface area contributed by atoms with E-state index in [2.05, 4.69) is 167 Å². The zero-order valence-corrected chi connectivity index (χ0v) is 24.9. The van der Waals surface area contributed by atoms with Gasteiger partial charge in [-0.15, -0.1) is 0 Å². The molecule has 0 aliphatic carbocycles. The van der Waals surface area contributed by atoms with Crippen LogP contribution < -0.4 is 0 Å². The number of nitrogens with zero attached hydrogens (tertiary/aromatic N) is 3. The van der Waals surface area contributed by atoms with E-state index < -0.39 is 0 Å². The van der Waals surface area contributed by atoms with Crippen molar-refractivity contribution in [1.82, 2.24) is 14.1 Å². The highest BCUT2D eigenvalue weighted by atomic mass is 15.1. The summed E-state index contributed by atoms with van der Waals surface area (Å²) in [6.07, 6.45) is 0. The summed E-state index contributed by atoms with van der Waals surface area (Å²) >= 11 is 0. The number of benzene rings is 7. The second kappa shape index (κ2) is 9.65. The number of hydrogen-bond donors (Lipinski definition) is 0. The lowest BCUT2D eigenvalue weighted by Crippen LogP contribution is -1.99. The molecule has 0 N–H and O–H groups in total. The van der Waals surface area contributed by atoms with Gasteiger partial charge in [-0.2, -0.15) is 0 Å². The van der Waals surface area contributed by atoms with Crippen LogP contribution in [-0.2, 0) is 0 Å². The van der Waals surface area contributed by atoms with Crippen molar-refractivity contribution in [2.24, 2.45) is 0 Å². The Morgan fingerprint density at radius 2 is 0.935 bits per heavy atom. The highest BCUT2D eigenvalue weighted by Gasteiger charge is 2.20. The first-order valence-corrected chi connectivity index (χ1v) is 15.7. The molecule has 3 aromatic heterocycles. The Bertz CT molecular complexity index is 2800. The lowest BCUT2D eigenvalue weighted by molar-refractivity contribution is 1.09. The highest BCUT2D eigenvalue weighted by molar-refractivity contribution is 6.26. The Morgan fingerprint density at radius 3 is 1.65 bits per heavy atom. The van der Waals surface area contributed by atoms with Crippen LogP contribution in [0.2, 0.25) is 0 Å². The van der Waals surface area contributed by atoms with Gasteiger partial charge in [-0.25, -0.2) is 4.98 Å². The fraction of sp³-hybridized carbons (Fsp3) is 0. The van der Waals surface area contributed by atoms with Gasteiger partial charge in [-0.1, -0.05) is 127 Å². The molecule has 0 aliphatic rings. The van der Waals surface area contributed by atoms with E-state index in [0.717, 1.165) is 28.3 Å². The van der Waals surface area contributed by atoms with Crippen LogP contribution in [0.25, 0.3) is 87.9 Å². The smallest absolute Gasteiger partial charge is 0.138 e. The highest BCUT2D eigenvalue weighted by Crippen LogP contribution is 2.42. The monoisotopic (exact) mass is 585 g/mol.